The number of nitrogens with one attached hydrogen (secondary N) is 1. The lowest BCUT2D eigenvalue weighted by atomic mass is 9.86. The maximum absolute atomic E-state index is 10.9. The van der Waals surface area contributed by atoms with Gasteiger partial charge in [-0.2, -0.15) is 0 Å². The molecule has 74 valence electrons. The highest BCUT2D eigenvalue weighted by molar-refractivity contribution is 5.77. The molecule has 1 saturated carbocycles. The van der Waals surface area contributed by atoms with E-state index in [1.807, 2.05) is 0 Å². The third-order valence-corrected chi connectivity index (χ3v) is 2.62. The van der Waals surface area contributed by atoms with E-state index in [1.165, 1.54) is 0 Å². The van der Waals surface area contributed by atoms with Gasteiger partial charge in [0.1, 0.15) is 0 Å². The number of nitrogens with two attached hydrogens (primary N) is 1. The van der Waals surface area contributed by atoms with Gasteiger partial charge >= 0.3 is 12.0 Å². The first-order valence-electron chi connectivity index (χ1n) is 4.33. The molecule has 0 atom stereocenters. The Kier molecular flexibility index (Phi) is 2.75. The van der Waals surface area contributed by atoms with Gasteiger partial charge in [-0.3, -0.25) is 4.79 Å². The molecule has 0 aromatic heterocycles. The number of carboxylic acids is 1. The van der Waals surface area contributed by atoms with Crippen LogP contribution in [0.1, 0.15) is 25.7 Å². The number of aliphatic carboxylic acids is 1. The molecule has 1 fully saturated rings. The van der Waals surface area contributed by atoms with Gasteiger partial charge in [0, 0.05) is 6.54 Å². The van der Waals surface area contributed by atoms with Crippen molar-refractivity contribution in [2.75, 3.05) is 6.54 Å². The van der Waals surface area contributed by atoms with Gasteiger partial charge in [-0.05, 0) is 12.8 Å². The van der Waals surface area contributed by atoms with E-state index >= 15 is 0 Å². The fourth-order valence-corrected chi connectivity index (χ4v) is 1.77. The molecular weight excluding hydrogens is 172 g/mol. The molecule has 1 aliphatic rings. The maximum atomic E-state index is 10.9. The van der Waals surface area contributed by atoms with Crippen LogP contribution in [0.5, 0.6) is 0 Å². The van der Waals surface area contributed by atoms with Gasteiger partial charge in [0.05, 0.1) is 5.41 Å². The Morgan fingerprint density at radius 2 is 1.92 bits per heavy atom. The largest absolute Gasteiger partial charge is 0.481 e. The van der Waals surface area contributed by atoms with E-state index in [0.717, 1.165) is 12.8 Å². The summed E-state index contributed by atoms with van der Waals surface area (Å²) in [4.78, 5) is 21.4. The summed E-state index contributed by atoms with van der Waals surface area (Å²) >= 11 is 0. The first-order valence-corrected chi connectivity index (χ1v) is 4.33. The molecule has 4 N–H and O–H groups in total. The Balaban J connectivity index is 2.57. The van der Waals surface area contributed by atoms with Gasteiger partial charge in [-0.15, -0.1) is 0 Å². The molecule has 0 aliphatic heterocycles. The normalized spacial score (nSPS) is 19.7. The fourth-order valence-electron chi connectivity index (χ4n) is 1.77. The predicted molar refractivity (Wildman–Crippen MR) is 46.1 cm³/mol. The van der Waals surface area contributed by atoms with Crippen LogP contribution in [0.15, 0.2) is 0 Å². The van der Waals surface area contributed by atoms with E-state index in [-0.39, 0.29) is 6.54 Å². The zero-order chi connectivity index (χ0) is 9.90. The van der Waals surface area contributed by atoms with Crippen LogP contribution in [0, 0.1) is 5.41 Å². The first-order chi connectivity index (χ1) is 6.07. The van der Waals surface area contributed by atoms with E-state index in [4.69, 9.17) is 10.8 Å². The molecule has 13 heavy (non-hydrogen) atoms. The molecule has 2 amide bonds. The van der Waals surface area contributed by atoms with Crippen molar-refractivity contribution in [3.05, 3.63) is 0 Å². The number of carboxylic acid groups (broad SMARTS) is 1. The molecule has 1 aliphatic carbocycles. The van der Waals surface area contributed by atoms with Crippen molar-refractivity contribution in [2.24, 2.45) is 11.1 Å². The summed E-state index contributed by atoms with van der Waals surface area (Å²) < 4.78 is 0. The summed E-state index contributed by atoms with van der Waals surface area (Å²) in [6.07, 6.45) is 3.07. The molecule has 0 radical (unpaired) electrons. The maximum Gasteiger partial charge on any atom is 0.312 e. The lowest BCUT2D eigenvalue weighted by Gasteiger charge is -2.23. The minimum absolute atomic E-state index is 0.150. The van der Waals surface area contributed by atoms with E-state index < -0.39 is 17.4 Å². The van der Waals surface area contributed by atoms with Gasteiger partial charge in [-0.1, -0.05) is 12.8 Å². The van der Waals surface area contributed by atoms with Gasteiger partial charge in [0.25, 0.3) is 0 Å². The SMILES string of the molecule is NC(=O)NCC1(C(=O)O)CCCC1. The second-order valence-electron chi connectivity index (χ2n) is 3.51. The second-order valence-corrected chi connectivity index (χ2v) is 3.51. The van der Waals surface area contributed by atoms with Crippen LogP contribution in [0.3, 0.4) is 0 Å². The highest BCUT2D eigenvalue weighted by Gasteiger charge is 2.41. The number of primary amides is 1. The summed E-state index contributed by atoms with van der Waals surface area (Å²) in [5.41, 5.74) is 4.12. The second kappa shape index (κ2) is 3.64. The van der Waals surface area contributed by atoms with E-state index in [2.05, 4.69) is 5.32 Å². The molecule has 0 heterocycles. The van der Waals surface area contributed by atoms with Crippen molar-refractivity contribution in [3.63, 3.8) is 0 Å². The van der Waals surface area contributed by atoms with Crippen LogP contribution in [-0.4, -0.2) is 23.7 Å². The summed E-state index contributed by atoms with van der Waals surface area (Å²) in [7, 11) is 0. The summed E-state index contributed by atoms with van der Waals surface area (Å²) in [5.74, 6) is -0.834. The lowest BCUT2D eigenvalue weighted by molar-refractivity contribution is -0.148. The molecular formula is C8H14N2O3. The fraction of sp³-hybridized carbons (Fsp3) is 0.750. The Morgan fingerprint density at radius 3 is 2.31 bits per heavy atom. The van der Waals surface area contributed by atoms with E-state index in [9.17, 15) is 9.59 Å². The van der Waals surface area contributed by atoms with Crippen LogP contribution < -0.4 is 11.1 Å². The molecule has 5 heteroatoms. The number of urea groups is 1. The number of carbonyl (C=O) groups is 2. The van der Waals surface area contributed by atoms with Gasteiger partial charge in [0.2, 0.25) is 0 Å². The average Bonchev–Trinajstić information content (AvgIpc) is 2.50. The monoisotopic (exact) mass is 186 g/mol. The van der Waals surface area contributed by atoms with E-state index in [0.29, 0.717) is 12.8 Å². The summed E-state index contributed by atoms with van der Waals surface area (Å²) in [5, 5.41) is 11.4. The number of amides is 2. The highest BCUT2D eigenvalue weighted by atomic mass is 16.4. The smallest absolute Gasteiger partial charge is 0.312 e. The zero-order valence-corrected chi connectivity index (χ0v) is 7.38. The summed E-state index contributed by atoms with van der Waals surface area (Å²) in [6, 6.07) is -0.660. The van der Waals surface area contributed by atoms with Crippen LogP contribution in [0.2, 0.25) is 0 Å². The van der Waals surface area contributed by atoms with Gasteiger partial charge in [-0.25, -0.2) is 4.79 Å². The van der Waals surface area contributed by atoms with Crippen LogP contribution in [0.4, 0.5) is 4.79 Å². The molecule has 1 rings (SSSR count). The van der Waals surface area contributed by atoms with Gasteiger partial charge < -0.3 is 16.2 Å². The minimum atomic E-state index is -0.834. The lowest BCUT2D eigenvalue weighted by Crippen LogP contribution is -2.43. The number of hydrogen-bond donors (Lipinski definition) is 3. The van der Waals surface area contributed by atoms with E-state index in [1.54, 1.807) is 0 Å². The van der Waals surface area contributed by atoms with Crippen LogP contribution >= 0.6 is 0 Å². The Bertz CT molecular complexity index is 221. The number of carbonyl (C=O) groups excluding carboxylic acids is 1. The van der Waals surface area contributed by atoms with Crippen LogP contribution in [-0.2, 0) is 4.79 Å². The summed E-state index contributed by atoms with van der Waals surface area (Å²) in [6.45, 7) is 0.150. The Morgan fingerprint density at radius 1 is 1.38 bits per heavy atom. The van der Waals surface area contributed by atoms with Crippen LogP contribution in [0.25, 0.3) is 0 Å². The molecule has 0 bridgehead atoms. The number of hydrogen-bond acceptors (Lipinski definition) is 2. The van der Waals surface area contributed by atoms with Crippen molar-refractivity contribution < 1.29 is 14.7 Å². The number of rotatable bonds is 3. The third kappa shape index (κ3) is 2.11. The molecule has 0 unspecified atom stereocenters. The van der Waals surface area contributed by atoms with Gasteiger partial charge in [0.15, 0.2) is 0 Å². The van der Waals surface area contributed by atoms with Crippen molar-refractivity contribution in [2.45, 2.75) is 25.7 Å². The average molecular weight is 186 g/mol. The Labute approximate surface area is 76.3 Å². The molecule has 5 nitrogen and oxygen atoms in total. The van der Waals surface area contributed by atoms with Crippen molar-refractivity contribution in [1.29, 1.82) is 0 Å². The zero-order valence-electron chi connectivity index (χ0n) is 7.38. The third-order valence-electron chi connectivity index (χ3n) is 2.62. The quantitative estimate of drug-likeness (QED) is 0.591. The minimum Gasteiger partial charge on any atom is -0.481 e. The molecule has 0 spiro atoms. The molecule has 0 saturated heterocycles. The first kappa shape index (κ1) is 9.83. The molecule has 0 aromatic rings. The predicted octanol–water partition coefficient (Wildman–Crippen LogP) is 0.300. The standard InChI is InChI=1S/C8H14N2O3/c9-7(13)10-5-8(6(11)12)3-1-2-4-8/h1-5H2,(H,11,12)(H3,9,10,13). The Hall–Kier alpha value is -1.26. The molecule has 0 aromatic carbocycles. The highest BCUT2D eigenvalue weighted by Crippen LogP contribution is 2.37. The topological polar surface area (TPSA) is 92.4 Å². The van der Waals surface area contributed by atoms with Crippen molar-refractivity contribution in [3.8, 4) is 0 Å². The van der Waals surface area contributed by atoms with Crippen molar-refractivity contribution >= 4 is 12.0 Å². The van der Waals surface area contributed by atoms with Crippen molar-refractivity contribution in [1.82, 2.24) is 5.32 Å².